The van der Waals surface area contributed by atoms with E-state index in [4.69, 9.17) is 4.74 Å². The summed E-state index contributed by atoms with van der Waals surface area (Å²) < 4.78 is 5.83. The summed E-state index contributed by atoms with van der Waals surface area (Å²) in [7, 11) is 0. The molecule has 0 unspecified atom stereocenters. The van der Waals surface area contributed by atoms with E-state index in [0.29, 0.717) is 6.61 Å². The van der Waals surface area contributed by atoms with Crippen LogP contribution in [0, 0.1) is 6.92 Å². The minimum Gasteiger partial charge on any atom is -0.489 e. The number of carbonyl (C=O) groups excluding carboxylic acids is 1. The number of thiophene rings is 2. The van der Waals surface area contributed by atoms with E-state index in [1.807, 2.05) is 40.6 Å². The smallest absolute Gasteiger partial charge is 0.264 e. The number of amides is 1. The average molecular weight is 413 g/mol. The van der Waals surface area contributed by atoms with Gasteiger partial charge in [-0.3, -0.25) is 9.69 Å². The molecule has 4 nitrogen and oxygen atoms in total. The standard InChI is InChI=1S/C22H24N2O2S2/c1-17-4-6-19(7-5-17)26-15-18-13-21(28-16-18)22(25)24-10-8-23(9-11-24)14-20-3-2-12-27-20/h2-7,12-13,16H,8-11,14-15H2,1H3. The molecular weight excluding hydrogens is 388 g/mol. The van der Waals surface area contributed by atoms with E-state index >= 15 is 0 Å². The minimum absolute atomic E-state index is 0.141. The summed E-state index contributed by atoms with van der Waals surface area (Å²) in [5.74, 6) is 0.994. The topological polar surface area (TPSA) is 32.8 Å². The van der Waals surface area contributed by atoms with Crippen molar-refractivity contribution in [1.82, 2.24) is 9.80 Å². The summed E-state index contributed by atoms with van der Waals surface area (Å²) in [5, 5.41) is 4.14. The van der Waals surface area contributed by atoms with Gasteiger partial charge in [-0.15, -0.1) is 22.7 Å². The highest BCUT2D eigenvalue weighted by atomic mass is 32.1. The second-order valence-corrected chi connectivity index (χ2v) is 9.01. The van der Waals surface area contributed by atoms with Crippen molar-refractivity contribution in [1.29, 1.82) is 0 Å². The number of rotatable bonds is 6. The Morgan fingerprint density at radius 2 is 1.86 bits per heavy atom. The van der Waals surface area contributed by atoms with Gasteiger partial charge in [0.15, 0.2) is 0 Å². The number of ether oxygens (including phenoxy) is 1. The molecule has 146 valence electrons. The van der Waals surface area contributed by atoms with Crippen LogP contribution < -0.4 is 4.74 Å². The molecule has 1 aliphatic rings. The molecule has 0 atom stereocenters. The van der Waals surface area contributed by atoms with Gasteiger partial charge in [-0.25, -0.2) is 0 Å². The molecule has 6 heteroatoms. The van der Waals surface area contributed by atoms with E-state index in [9.17, 15) is 4.79 Å². The fraction of sp³-hybridized carbons (Fsp3) is 0.318. The monoisotopic (exact) mass is 412 g/mol. The zero-order valence-electron chi connectivity index (χ0n) is 16.0. The van der Waals surface area contributed by atoms with Crippen molar-refractivity contribution in [2.75, 3.05) is 26.2 Å². The minimum atomic E-state index is 0.141. The maximum Gasteiger partial charge on any atom is 0.264 e. The fourth-order valence-electron chi connectivity index (χ4n) is 3.25. The van der Waals surface area contributed by atoms with Crippen LogP contribution in [0.3, 0.4) is 0 Å². The van der Waals surface area contributed by atoms with Crippen LogP contribution in [-0.4, -0.2) is 41.9 Å². The summed E-state index contributed by atoms with van der Waals surface area (Å²) in [5.41, 5.74) is 2.26. The lowest BCUT2D eigenvalue weighted by Gasteiger charge is -2.34. The van der Waals surface area contributed by atoms with Gasteiger partial charge in [0.05, 0.1) is 4.88 Å². The Balaban J connectivity index is 1.27. The van der Waals surface area contributed by atoms with Gasteiger partial charge >= 0.3 is 0 Å². The Kier molecular flexibility index (Phi) is 6.10. The molecule has 3 heterocycles. The quantitative estimate of drug-likeness (QED) is 0.591. The van der Waals surface area contributed by atoms with Crippen LogP contribution >= 0.6 is 22.7 Å². The van der Waals surface area contributed by atoms with E-state index in [-0.39, 0.29) is 5.91 Å². The van der Waals surface area contributed by atoms with Crippen molar-refractivity contribution < 1.29 is 9.53 Å². The van der Waals surface area contributed by atoms with E-state index in [2.05, 4.69) is 29.3 Å². The van der Waals surface area contributed by atoms with Crippen molar-refractivity contribution in [3.05, 3.63) is 74.1 Å². The number of hydrogen-bond donors (Lipinski definition) is 0. The van der Waals surface area contributed by atoms with Gasteiger partial charge in [0, 0.05) is 43.2 Å². The number of nitrogens with zero attached hydrogens (tertiary/aromatic N) is 2. The van der Waals surface area contributed by atoms with E-state index in [1.165, 1.54) is 21.8 Å². The van der Waals surface area contributed by atoms with Gasteiger partial charge in [-0.05, 0) is 41.9 Å². The van der Waals surface area contributed by atoms with Crippen molar-refractivity contribution >= 4 is 28.6 Å². The molecule has 0 saturated carbocycles. The van der Waals surface area contributed by atoms with Gasteiger partial charge in [0.1, 0.15) is 12.4 Å². The molecular formula is C22H24N2O2S2. The second-order valence-electron chi connectivity index (χ2n) is 7.07. The van der Waals surface area contributed by atoms with Crippen LogP contribution in [0.2, 0.25) is 0 Å². The SMILES string of the molecule is Cc1ccc(OCc2csc(C(=O)N3CCN(Cc4cccs4)CC3)c2)cc1. The zero-order chi connectivity index (χ0) is 19.3. The Bertz CT molecular complexity index is 895. The highest BCUT2D eigenvalue weighted by Gasteiger charge is 2.23. The predicted octanol–water partition coefficient (Wildman–Crippen LogP) is 4.66. The highest BCUT2D eigenvalue weighted by molar-refractivity contribution is 7.12. The van der Waals surface area contributed by atoms with Gasteiger partial charge < -0.3 is 9.64 Å². The van der Waals surface area contributed by atoms with Crippen LogP contribution in [-0.2, 0) is 13.2 Å². The van der Waals surface area contributed by atoms with Gasteiger partial charge in [0.2, 0.25) is 0 Å². The number of carbonyl (C=O) groups is 1. The summed E-state index contributed by atoms with van der Waals surface area (Å²) >= 11 is 3.30. The molecule has 0 spiro atoms. The van der Waals surface area contributed by atoms with E-state index in [0.717, 1.165) is 48.9 Å². The molecule has 2 aromatic heterocycles. The predicted molar refractivity (Wildman–Crippen MR) is 115 cm³/mol. The summed E-state index contributed by atoms with van der Waals surface area (Å²) in [6.45, 7) is 6.97. The van der Waals surface area contributed by atoms with Crippen molar-refractivity contribution in [3.63, 3.8) is 0 Å². The molecule has 1 aromatic carbocycles. The van der Waals surface area contributed by atoms with E-state index in [1.54, 1.807) is 11.3 Å². The fourth-order valence-corrected chi connectivity index (χ4v) is 4.86. The molecule has 1 fully saturated rings. The number of piperazine rings is 1. The van der Waals surface area contributed by atoms with Crippen molar-refractivity contribution in [2.24, 2.45) is 0 Å². The largest absolute Gasteiger partial charge is 0.489 e. The lowest BCUT2D eigenvalue weighted by Crippen LogP contribution is -2.48. The molecule has 1 amide bonds. The Morgan fingerprint density at radius 1 is 1.07 bits per heavy atom. The molecule has 1 saturated heterocycles. The van der Waals surface area contributed by atoms with E-state index < -0.39 is 0 Å². The van der Waals surface area contributed by atoms with Crippen LogP contribution in [0.5, 0.6) is 5.75 Å². The molecule has 0 bridgehead atoms. The Labute approximate surface area is 174 Å². The number of aryl methyl sites for hydroxylation is 1. The second kappa shape index (κ2) is 8.90. The van der Waals surface area contributed by atoms with Crippen molar-refractivity contribution in [3.8, 4) is 5.75 Å². The van der Waals surface area contributed by atoms with Gasteiger partial charge in [0.25, 0.3) is 5.91 Å². The van der Waals surface area contributed by atoms with Crippen molar-refractivity contribution in [2.45, 2.75) is 20.1 Å². The third-order valence-corrected chi connectivity index (χ3v) is 6.74. The maximum absolute atomic E-state index is 12.8. The molecule has 1 aliphatic heterocycles. The first-order valence-electron chi connectivity index (χ1n) is 9.48. The molecule has 0 radical (unpaired) electrons. The maximum atomic E-state index is 12.8. The molecule has 3 aromatic rings. The third-order valence-electron chi connectivity index (χ3n) is 4.91. The first-order chi connectivity index (χ1) is 13.7. The molecule has 28 heavy (non-hydrogen) atoms. The van der Waals surface area contributed by atoms with Crippen LogP contribution in [0.25, 0.3) is 0 Å². The molecule has 4 rings (SSSR count). The first kappa shape index (κ1) is 19.2. The Morgan fingerprint density at radius 3 is 2.57 bits per heavy atom. The highest BCUT2D eigenvalue weighted by Crippen LogP contribution is 2.21. The summed E-state index contributed by atoms with van der Waals surface area (Å²) in [6, 6.07) is 14.3. The lowest BCUT2D eigenvalue weighted by atomic mass is 10.2. The van der Waals surface area contributed by atoms with Crippen LogP contribution in [0.1, 0.15) is 25.7 Å². The summed E-state index contributed by atoms with van der Waals surface area (Å²) in [6.07, 6.45) is 0. The van der Waals surface area contributed by atoms with Crippen LogP contribution in [0.15, 0.2) is 53.2 Å². The normalized spacial score (nSPS) is 15.0. The Hall–Kier alpha value is -2.15. The van der Waals surface area contributed by atoms with Crippen LogP contribution in [0.4, 0.5) is 0 Å². The summed E-state index contributed by atoms with van der Waals surface area (Å²) in [4.78, 5) is 19.4. The van der Waals surface area contributed by atoms with Gasteiger partial charge in [-0.1, -0.05) is 23.8 Å². The molecule has 0 N–H and O–H groups in total. The first-order valence-corrected chi connectivity index (χ1v) is 11.2. The number of benzene rings is 1. The molecule has 0 aliphatic carbocycles. The third kappa shape index (κ3) is 4.82. The van der Waals surface area contributed by atoms with Gasteiger partial charge in [-0.2, -0.15) is 0 Å². The number of hydrogen-bond acceptors (Lipinski definition) is 5. The zero-order valence-corrected chi connectivity index (χ0v) is 17.6. The average Bonchev–Trinajstić information content (AvgIpc) is 3.40. The lowest BCUT2D eigenvalue weighted by molar-refractivity contribution is 0.0634.